The topological polar surface area (TPSA) is 45.8 Å². The van der Waals surface area contributed by atoms with Gasteiger partial charge in [0, 0.05) is 5.56 Å². The maximum absolute atomic E-state index is 10.6. The van der Waals surface area contributed by atoms with Crippen molar-refractivity contribution in [3.8, 4) is 11.3 Å². The van der Waals surface area contributed by atoms with Gasteiger partial charge in [-0.2, -0.15) is 5.10 Å². The van der Waals surface area contributed by atoms with Gasteiger partial charge >= 0.3 is 0 Å². The molecule has 1 aromatic carbocycles. The summed E-state index contributed by atoms with van der Waals surface area (Å²) in [5.41, 5.74) is 2.95. The minimum absolute atomic E-state index is 0.315. The van der Waals surface area contributed by atoms with E-state index >= 15 is 0 Å². The summed E-state index contributed by atoms with van der Waals surface area (Å²) in [7, 11) is 0. The van der Waals surface area contributed by atoms with Gasteiger partial charge in [0.15, 0.2) is 6.29 Å². The summed E-state index contributed by atoms with van der Waals surface area (Å²) in [6.07, 6.45) is 0.664. The van der Waals surface area contributed by atoms with Gasteiger partial charge in [0.05, 0.1) is 5.02 Å². The van der Waals surface area contributed by atoms with Gasteiger partial charge in [-0.15, -0.1) is 0 Å². The highest BCUT2D eigenvalue weighted by molar-refractivity contribution is 6.35. The van der Waals surface area contributed by atoms with E-state index in [1.54, 1.807) is 0 Å². The number of hydrogen-bond donors (Lipinski definition) is 1. The lowest BCUT2D eigenvalue weighted by molar-refractivity contribution is 0.111. The molecule has 0 atom stereocenters. The van der Waals surface area contributed by atoms with Crippen LogP contribution in [0.15, 0.2) is 24.3 Å². The number of aldehydes is 1. The monoisotopic (exact) mass is 220 g/mol. The average Bonchev–Trinajstić information content (AvgIpc) is 2.60. The third-order valence-corrected chi connectivity index (χ3v) is 2.63. The van der Waals surface area contributed by atoms with E-state index < -0.39 is 0 Å². The molecule has 0 unspecified atom stereocenters. The average molecular weight is 221 g/mol. The highest BCUT2D eigenvalue weighted by Gasteiger charge is 2.13. The van der Waals surface area contributed by atoms with E-state index in [2.05, 4.69) is 10.2 Å². The first-order valence-electron chi connectivity index (χ1n) is 4.49. The second kappa shape index (κ2) is 3.87. The Morgan fingerprint density at radius 1 is 1.40 bits per heavy atom. The molecule has 0 spiro atoms. The van der Waals surface area contributed by atoms with Gasteiger partial charge in [0.2, 0.25) is 0 Å². The number of halogens is 1. The fourth-order valence-corrected chi connectivity index (χ4v) is 1.67. The number of rotatable bonds is 2. The lowest BCUT2D eigenvalue weighted by Gasteiger charge is -2.01. The van der Waals surface area contributed by atoms with E-state index in [1.807, 2.05) is 31.2 Å². The van der Waals surface area contributed by atoms with Crippen LogP contribution < -0.4 is 0 Å². The van der Waals surface area contributed by atoms with Crippen LogP contribution in [-0.4, -0.2) is 16.5 Å². The first-order chi connectivity index (χ1) is 7.24. The van der Waals surface area contributed by atoms with E-state index in [9.17, 15) is 4.79 Å². The SMILES string of the molecule is Cc1ccccc1-c1n[nH]c(C=O)c1Cl. The van der Waals surface area contributed by atoms with Crippen molar-refractivity contribution in [1.82, 2.24) is 10.2 Å². The number of H-pyrrole nitrogens is 1. The normalized spacial score (nSPS) is 10.3. The van der Waals surface area contributed by atoms with Crippen LogP contribution in [0.3, 0.4) is 0 Å². The summed E-state index contributed by atoms with van der Waals surface area (Å²) in [6.45, 7) is 1.97. The Morgan fingerprint density at radius 3 is 2.73 bits per heavy atom. The van der Waals surface area contributed by atoms with Crippen molar-refractivity contribution < 1.29 is 4.79 Å². The minimum Gasteiger partial charge on any atom is -0.296 e. The zero-order valence-electron chi connectivity index (χ0n) is 8.12. The van der Waals surface area contributed by atoms with Crippen LogP contribution in [-0.2, 0) is 0 Å². The predicted molar refractivity (Wildman–Crippen MR) is 59.2 cm³/mol. The van der Waals surface area contributed by atoms with Gasteiger partial charge in [-0.3, -0.25) is 9.89 Å². The molecule has 0 amide bonds. The number of aromatic nitrogens is 2. The Morgan fingerprint density at radius 2 is 2.13 bits per heavy atom. The molecule has 0 fully saturated rings. The second-order valence-corrected chi connectivity index (χ2v) is 3.61. The van der Waals surface area contributed by atoms with Crippen LogP contribution in [0.1, 0.15) is 16.1 Å². The van der Waals surface area contributed by atoms with E-state index in [-0.39, 0.29) is 0 Å². The summed E-state index contributed by atoms with van der Waals surface area (Å²) in [5.74, 6) is 0. The number of hydrogen-bond acceptors (Lipinski definition) is 2. The molecule has 0 aliphatic rings. The maximum atomic E-state index is 10.6. The van der Waals surface area contributed by atoms with Crippen molar-refractivity contribution in [3.63, 3.8) is 0 Å². The molecule has 3 nitrogen and oxygen atoms in total. The highest BCUT2D eigenvalue weighted by atomic mass is 35.5. The Hall–Kier alpha value is -1.61. The summed E-state index contributed by atoms with van der Waals surface area (Å²) in [5, 5.41) is 7.00. The van der Waals surface area contributed by atoms with E-state index in [0.717, 1.165) is 11.1 Å². The van der Waals surface area contributed by atoms with Crippen molar-refractivity contribution in [2.45, 2.75) is 6.92 Å². The summed E-state index contributed by atoms with van der Waals surface area (Å²) in [6, 6.07) is 7.75. The fraction of sp³-hybridized carbons (Fsp3) is 0.0909. The first-order valence-corrected chi connectivity index (χ1v) is 4.87. The largest absolute Gasteiger partial charge is 0.296 e. The Kier molecular flexibility index (Phi) is 2.56. The van der Waals surface area contributed by atoms with E-state index in [4.69, 9.17) is 11.6 Å². The number of aryl methyl sites for hydroxylation is 1. The Labute approximate surface area is 92.1 Å². The Balaban J connectivity index is 2.59. The lowest BCUT2D eigenvalue weighted by Crippen LogP contribution is -1.83. The van der Waals surface area contributed by atoms with Gasteiger partial charge in [0.1, 0.15) is 11.4 Å². The third-order valence-electron chi connectivity index (χ3n) is 2.25. The molecule has 0 aliphatic heterocycles. The predicted octanol–water partition coefficient (Wildman–Crippen LogP) is 2.85. The van der Waals surface area contributed by atoms with Crippen LogP contribution >= 0.6 is 11.6 Å². The number of aromatic amines is 1. The molecule has 4 heteroatoms. The molecule has 1 aromatic heterocycles. The molecule has 2 rings (SSSR count). The summed E-state index contributed by atoms with van der Waals surface area (Å²) < 4.78 is 0. The molecule has 0 aliphatic carbocycles. The minimum atomic E-state index is 0.315. The van der Waals surface area contributed by atoms with Crippen molar-refractivity contribution in [2.24, 2.45) is 0 Å². The number of nitrogens with zero attached hydrogens (tertiary/aromatic N) is 1. The number of carbonyl (C=O) groups excluding carboxylic acids is 1. The molecule has 15 heavy (non-hydrogen) atoms. The Bertz CT molecular complexity index is 505. The van der Waals surface area contributed by atoms with Crippen LogP contribution in [0.4, 0.5) is 0 Å². The third kappa shape index (κ3) is 1.66. The first kappa shape index (κ1) is 9.93. The molecule has 1 N–H and O–H groups in total. The summed E-state index contributed by atoms with van der Waals surface area (Å²) in [4.78, 5) is 10.6. The zero-order chi connectivity index (χ0) is 10.8. The van der Waals surface area contributed by atoms with Crippen molar-refractivity contribution in [3.05, 3.63) is 40.5 Å². The number of carbonyl (C=O) groups is 1. The molecule has 0 bridgehead atoms. The van der Waals surface area contributed by atoms with Crippen molar-refractivity contribution in [2.75, 3.05) is 0 Å². The molecule has 0 saturated heterocycles. The lowest BCUT2D eigenvalue weighted by atomic mass is 10.1. The standard InChI is InChI=1S/C11H9ClN2O/c1-7-4-2-3-5-8(7)11-10(12)9(6-15)13-14-11/h2-6H,1H3,(H,13,14). The second-order valence-electron chi connectivity index (χ2n) is 3.23. The van der Waals surface area contributed by atoms with Crippen molar-refractivity contribution >= 4 is 17.9 Å². The van der Waals surface area contributed by atoms with Gasteiger partial charge in [-0.1, -0.05) is 35.9 Å². The van der Waals surface area contributed by atoms with Gasteiger partial charge in [0.25, 0.3) is 0 Å². The molecular weight excluding hydrogens is 212 g/mol. The molecule has 0 radical (unpaired) electrons. The molecule has 2 aromatic rings. The van der Waals surface area contributed by atoms with Crippen LogP contribution in [0, 0.1) is 6.92 Å². The molecule has 76 valence electrons. The van der Waals surface area contributed by atoms with Crippen LogP contribution in [0.5, 0.6) is 0 Å². The van der Waals surface area contributed by atoms with E-state index in [0.29, 0.717) is 22.7 Å². The quantitative estimate of drug-likeness (QED) is 0.791. The smallest absolute Gasteiger partial charge is 0.169 e. The summed E-state index contributed by atoms with van der Waals surface area (Å²) >= 11 is 6.01. The molecule has 1 heterocycles. The van der Waals surface area contributed by atoms with Gasteiger partial charge in [-0.05, 0) is 12.5 Å². The van der Waals surface area contributed by atoms with Gasteiger partial charge in [-0.25, -0.2) is 0 Å². The van der Waals surface area contributed by atoms with Gasteiger partial charge < -0.3 is 0 Å². The number of nitrogens with one attached hydrogen (secondary N) is 1. The maximum Gasteiger partial charge on any atom is 0.169 e. The zero-order valence-corrected chi connectivity index (χ0v) is 8.88. The fourth-order valence-electron chi connectivity index (χ4n) is 1.44. The van der Waals surface area contributed by atoms with Crippen LogP contribution in [0.25, 0.3) is 11.3 Å². The van der Waals surface area contributed by atoms with Crippen molar-refractivity contribution in [1.29, 1.82) is 0 Å². The molecule has 0 saturated carbocycles. The van der Waals surface area contributed by atoms with E-state index in [1.165, 1.54) is 0 Å². The molecular formula is C11H9ClN2O. The number of benzene rings is 1. The van der Waals surface area contributed by atoms with Crippen LogP contribution in [0.2, 0.25) is 5.02 Å². The highest BCUT2D eigenvalue weighted by Crippen LogP contribution is 2.29.